The molecule has 19 heavy (non-hydrogen) atoms. The summed E-state index contributed by atoms with van der Waals surface area (Å²) in [5, 5.41) is 9.99. The lowest BCUT2D eigenvalue weighted by Gasteiger charge is -2.22. The molecule has 1 aliphatic rings. The van der Waals surface area contributed by atoms with Crippen LogP contribution in [0, 0.1) is 5.82 Å². The summed E-state index contributed by atoms with van der Waals surface area (Å²) < 4.78 is 13.5. The first-order chi connectivity index (χ1) is 8.98. The third-order valence-corrected chi connectivity index (χ3v) is 3.72. The largest absolute Gasteiger partial charge is 0.390 e. The Labute approximate surface area is 113 Å². The lowest BCUT2D eigenvalue weighted by molar-refractivity contribution is -0.130. The molecule has 0 bridgehead atoms. The average molecular weight is 265 g/mol. The van der Waals surface area contributed by atoms with Gasteiger partial charge in [0, 0.05) is 13.1 Å². The maximum atomic E-state index is 13.5. The van der Waals surface area contributed by atoms with E-state index in [2.05, 4.69) is 0 Å². The molecule has 2 rings (SSSR count). The highest BCUT2D eigenvalue weighted by Crippen LogP contribution is 2.22. The van der Waals surface area contributed by atoms with Crippen molar-refractivity contribution in [3.05, 3.63) is 35.6 Å². The van der Waals surface area contributed by atoms with Gasteiger partial charge in [0.2, 0.25) is 5.91 Å². The van der Waals surface area contributed by atoms with Crippen molar-refractivity contribution >= 4 is 5.91 Å². The van der Waals surface area contributed by atoms with Gasteiger partial charge in [-0.15, -0.1) is 0 Å². The summed E-state index contributed by atoms with van der Waals surface area (Å²) in [4.78, 5) is 13.9. The molecule has 0 saturated carbocycles. The maximum absolute atomic E-state index is 13.5. The highest BCUT2D eigenvalue weighted by molar-refractivity contribution is 5.78. The Morgan fingerprint density at radius 2 is 2.11 bits per heavy atom. The molecule has 1 N–H and O–H groups in total. The van der Waals surface area contributed by atoms with Gasteiger partial charge in [0.25, 0.3) is 0 Å². The number of hydrogen-bond acceptors (Lipinski definition) is 2. The Kier molecular flexibility index (Phi) is 4.20. The van der Waals surface area contributed by atoms with Gasteiger partial charge in [0.15, 0.2) is 0 Å². The zero-order valence-electron chi connectivity index (χ0n) is 11.2. The SMILES string of the molecule is CC1(O)CCCN(C(=O)Cc2ccccc2F)CC1. The van der Waals surface area contributed by atoms with E-state index >= 15 is 0 Å². The molecular formula is C15H20FNO2. The van der Waals surface area contributed by atoms with Gasteiger partial charge >= 0.3 is 0 Å². The molecule has 0 radical (unpaired) electrons. The maximum Gasteiger partial charge on any atom is 0.227 e. The standard InChI is InChI=1S/C15H20FNO2/c1-15(19)7-4-9-17(10-8-15)14(18)11-12-5-2-3-6-13(12)16/h2-3,5-6,19H,4,7-11H2,1H3. The zero-order chi connectivity index (χ0) is 13.9. The molecule has 1 saturated heterocycles. The summed E-state index contributed by atoms with van der Waals surface area (Å²) in [7, 11) is 0. The minimum absolute atomic E-state index is 0.0669. The van der Waals surface area contributed by atoms with Crippen LogP contribution in [-0.2, 0) is 11.2 Å². The second-order valence-corrected chi connectivity index (χ2v) is 5.50. The first-order valence-corrected chi connectivity index (χ1v) is 6.71. The van der Waals surface area contributed by atoms with Crippen LogP contribution in [0.4, 0.5) is 4.39 Å². The van der Waals surface area contributed by atoms with Crippen molar-refractivity contribution in [1.29, 1.82) is 0 Å². The van der Waals surface area contributed by atoms with Crippen LogP contribution in [0.25, 0.3) is 0 Å². The van der Waals surface area contributed by atoms with Gasteiger partial charge in [0.05, 0.1) is 12.0 Å². The first-order valence-electron chi connectivity index (χ1n) is 6.71. The van der Waals surface area contributed by atoms with Crippen molar-refractivity contribution in [2.45, 2.75) is 38.2 Å². The van der Waals surface area contributed by atoms with E-state index in [0.29, 0.717) is 31.5 Å². The summed E-state index contributed by atoms with van der Waals surface area (Å²) in [5.41, 5.74) is -0.254. The van der Waals surface area contributed by atoms with Gasteiger partial charge < -0.3 is 10.0 Å². The Bertz CT molecular complexity index is 459. The van der Waals surface area contributed by atoms with Crippen LogP contribution < -0.4 is 0 Å². The first kappa shape index (κ1) is 14.0. The number of aliphatic hydroxyl groups is 1. The van der Waals surface area contributed by atoms with Crippen molar-refractivity contribution in [2.24, 2.45) is 0 Å². The number of rotatable bonds is 2. The summed E-state index contributed by atoms with van der Waals surface area (Å²) in [6, 6.07) is 6.36. The molecule has 3 nitrogen and oxygen atoms in total. The zero-order valence-corrected chi connectivity index (χ0v) is 11.2. The Morgan fingerprint density at radius 3 is 2.84 bits per heavy atom. The van der Waals surface area contributed by atoms with Gasteiger partial charge in [-0.3, -0.25) is 4.79 Å². The third kappa shape index (κ3) is 3.77. The Hall–Kier alpha value is -1.42. The molecule has 0 spiro atoms. The van der Waals surface area contributed by atoms with Gasteiger partial charge in [0.1, 0.15) is 5.82 Å². The third-order valence-electron chi connectivity index (χ3n) is 3.72. The molecule has 1 aromatic carbocycles. The fourth-order valence-electron chi connectivity index (χ4n) is 2.43. The second-order valence-electron chi connectivity index (χ2n) is 5.50. The molecule has 1 aromatic rings. The van der Waals surface area contributed by atoms with Gasteiger partial charge in [-0.2, -0.15) is 0 Å². The second kappa shape index (κ2) is 5.70. The van der Waals surface area contributed by atoms with E-state index in [1.165, 1.54) is 6.07 Å². The molecule has 1 aliphatic heterocycles. The number of hydrogen-bond donors (Lipinski definition) is 1. The van der Waals surface area contributed by atoms with Crippen LogP contribution in [0.15, 0.2) is 24.3 Å². The van der Waals surface area contributed by atoms with Crippen molar-refractivity contribution < 1.29 is 14.3 Å². The fourth-order valence-corrected chi connectivity index (χ4v) is 2.43. The summed E-state index contributed by atoms with van der Waals surface area (Å²) in [6.07, 6.45) is 2.16. The van der Waals surface area contributed by atoms with Crippen LogP contribution in [0.1, 0.15) is 31.7 Å². The molecular weight excluding hydrogens is 245 g/mol. The molecule has 104 valence electrons. The normalized spacial score (nSPS) is 24.1. The number of benzene rings is 1. The number of likely N-dealkylation sites (tertiary alicyclic amines) is 1. The highest BCUT2D eigenvalue weighted by Gasteiger charge is 2.27. The van der Waals surface area contributed by atoms with Crippen LogP contribution in [0.2, 0.25) is 0 Å². The van der Waals surface area contributed by atoms with E-state index in [9.17, 15) is 14.3 Å². The smallest absolute Gasteiger partial charge is 0.227 e. The van der Waals surface area contributed by atoms with Crippen LogP contribution in [0.5, 0.6) is 0 Å². The molecule has 1 unspecified atom stereocenters. The monoisotopic (exact) mass is 265 g/mol. The molecule has 0 aromatic heterocycles. The fraction of sp³-hybridized carbons (Fsp3) is 0.533. The number of nitrogens with zero attached hydrogens (tertiary/aromatic N) is 1. The van der Waals surface area contributed by atoms with Crippen LogP contribution >= 0.6 is 0 Å². The lowest BCUT2D eigenvalue weighted by atomic mass is 9.98. The summed E-state index contributed by atoms with van der Waals surface area (Å²) in [6.45, 7) is 2.99. The predicted molar refractivity (Wildman–Crippen MR) is 71.2 cm³/mol. The number of carbonyl (C=O) groups is 1. The van der Waals surface area contributed by atoms with E-state index in [1.54, 1.807) is 30.0 Å². The van der Waals surface area contributed by atoms with Gasteiger partial charge in [-0.25, -0.2) is 4.39 Å². The quantitative estimate of drug-likeness (QED) is 0.890. The van der Waals surface area contributed by atoms with Gasteiger partial charge in [-0.05, 0) is 37.8 Å². The minimum atomic E-state index is -0.687. The summed E-state index contributed by atoms with van der Waals surface area (Å²) in [5.74, 6) is -0.402. The molecule has 1 heterocycles. The average Bonchev–Trinajstić information content (AvgIpc) is 2.53. The van der Waals surface area contributed by atoms with Crippen molar-refractivity contribution in [3.63, 3.8) is 0 Å². The van der Waals surface area contributed by atoms with Crippen molar-refractivity contribution in [2.75, 3.05) is 13.1 Å². The highest BCUT2D eigenvalue weighted by atomic mass is 19.1. The molecule has 1 amide bonds. The van der Waals surface area contributed by atoms with E-state index < -0.39 is 5.60 Å². The Balaban J connectivity index is 1.99. The van der Waals surface area contributed by atoms with E-state index in [-0.39, 0.29) is 18.1 Å². The molecule has 1 atom stereocenters. The number of halogens is 1. The van der Waals surface area contributed by atoms with Gasteiger partial charge in [-0.1, -0.05) is 18.2 Å². The van der Waals surface area contributed by atoms with E-state index in [4.69, 9.17) is 0 Å². The topological polar surface area (TPSA) is 40.5 Å². The number of amides is 1. The minimum Gasteiger partial charge on any atom is -0.390 e. The van der Waals surface area contributed by atoms with Crippen molar-refractivity contribution in [1.82, 2.24) is 4.90 Å². The summed E-state index contributed by atoms with van der Waals surface area (Å²) >= 11 is 0. The van der Waals surface area contributed by atoms with Crippen LogP contribution in [0.3, 0.4) is 0 Å². The van der Waals surface area contributed by atoms with E-state index in [0.717, 1.165) is 6.42 Å². The van der Waals surface area contributed by atoms with Crippen molar-refractivity contribution in [3.8, 4) is 0 Å². The Morgan fingerprint density at radius 1 is 1.37 bits per heavy atom. The number of carbonyl (C=O) groups excluding carboxylic acids is 1. The molecule has 1 fully saturated rings. The molecule has 0 aliphatic carbocycles. The lowest BCUT2D eigenvalue weighted by Crippen LogP contribution is -2.34. The van der Waals surface area contributed by atoms with E-state index in [1.807, 2.05) is 0 Å². The van der Waals surface area contributed by atoms with Crippen LogP contribution in [-0.4, -0.2) is 34.6 Å². The molecule has 4 heteroatoms. The predicted octanol–water partition coefficient (Wildman–Crippen LogP) is 2.13.